The number of nitrogens with zero attached hydrogens (tertiary/aromatic N) is 7. The van der Waals surface area contributed by atoms with Crippen LogP contribution in [0.4, 0.5) is 5.69 Å². The highest BCUT2D eigenvalue weighted by atomic mass is 15.1. The SMILES string of the molecule is [C-]#[N+]c1cccc(-c2ccc3c(c2)c2cc(-c4cccc(C#N)c4)ccc2n3-c2ccc(C#N)cc2-c2nc(-c3ccccc3)nc(-c3ccccc3)n2)c1. The molecule has 7 nitrogen and oxygen atoms in total. The fraction of sp³-hybridized carbons (Fsp3) is 0. The van der Waals surface area contributed by atoms with Crippen LogP contribution in [-0.2, 0) is 0 Å². The first-order valence-electron chi connectivity index (χ1n) is 17.6. The Morgan fingerprint density at radius 2 is 0.964 bits per heavy atom. The molecule has 254 valence electrons. The van der Waals surface area contributed by atoms with E-state index in [1.54, 1.807) is 6.07 Å². The number of benzene rings is 7. The standard InChI is InChI=1S/C48H27N7/c1-51-39-17-9-16-36(26-39)38-20-23-44-41(28-38)40-27-37(35-15-8-10-31(24-35)29-49)19-22-43(40)55(44)45-21-18-32(30-50)25-42(45)48-53-46(33-11-4-2-5-12-33)52-47(54-48)34-13-6-3-7-14-34/h2-28H. The average molecular weight is 702 g/mol. The van der Waals surface area contributed by atoms with Crippen LogP contribution < -0.4 is 0 Å². The number of rotatable bonds is 6. The lowest BCUT2D eigenvalue weighted by molar-refractivity contribution is 1.06. The van der Waals surface area contributed by atoms with Crippen LogP contribution in [0.15, 0.2) is 164 Å². The van der Waals surface area contributed by atoms with Gasteiger partial charge in [-0.25, -0.2) is 19.8 Å². The summed E-state index contributed by atoms with van der Waals surface area (Å²) >= 11 is 0. The van der Waals surface area contributed by atoms with Gasteiger partial charge < -0.3 is 4.57 Å². The molecule has 2 aromatic heterocycles. The summed E-state index contributed by atoms with van der Waals surface area (Å²) in [6, 6.07) is 57.8. The maximum Gasteiger partial charge on any atom is 0.187 e. The highest BCUT2D eigenvalue weighted by Gasteiger charge is 2.21. The first-order valence-corrected chi connectivity index (χ1v) is 17.6. The third-order valence-electron chi connectivity index (χ3n) is 9.71. The Bertz CT molecular complexity index is 2900. The molecule has 0 saturated heterocycles. The summed E-state index contributed by atoms with van der Waals surface area (Å²) in [6.45, 7) is 7.59. The van der Waals surface area contributed by atoms with Crippen LogP contribution in [0.5, 0.6) is 0 Å². The van der Waals surface area contributed by atoms with Crippen LogP contribution in [0.3, 0.4) is 0 Å². The van der Waals surface area contributed by atoms with E-state index in [4.69, 9.17) is 21.5 Å². The third kappa shape index (κ3) is 6.03. The van der Waals surface area contributed by atoms with Crippen molar-refractivity contribution in [1.82, 2.24) is 19.5 Å². The zero-order valence-corrected chi connectivity index (χ0v) is 29.2. The van der Waals surface area contributed by atoms with Gasteiger partial charge in [0.1, 0.15) is 0 Å². The minimum absolute atomic E-state index is 0.437. The Labute approximate surface area is 317 Å². The number of hydrogen-bond donors (Lipinski definition) is 0. The van der Waals surface area contributed by atoms with Crippen molar-refractivity contribution in [3.63, 3.8) is 0 Å². The van der Waals surface area contributed by atoms with Crippen molar-refractivity contribution in [1.29, 1.82) is 10.5 Å². The van der Waals surface area contributed by atoms with E-state index < -0.39 is 0 Å². The molecule has 0 aliphatic heterocycles. The number of hydrogen-bond acceptors (Lipinski definition) is 5. The molecular weight excluding hydrogens is 675 g/mol. The van der Waals surface area contributed by atoms with Gasteiger partial charge >= 0.3 is 0 Å². The number of aromatic nitrogens is 4. The Hall–Kier alpha value is -8.18. The van der Waals surface area contributed by atoms with Crippen LogP contribution in [0, 0.1) is 29.2 Å². The highest BCUT2D eigenvalue weighted by Crippen LogP contribution is 2.40. The van der Waals surface area contributed by atoms with Crippen molar-refractivity contribution in [2.75, 3.05) is 0 Å². The molecule has 9 aromatic rings. The van der Waals surface area contributed by atoms with Crippen LogP contribution >= 0.6 is 0 Å². The lowest BCUT2D eigenvalue weighted by Crippen LogP contribution is -2.04. The monoisotopic (exact) mass is 701 g/mol. The normalized spacial score (nSPS) is 10.9. The molecule has 0 amide bonds. The van der Waals surface area contributed by atoms with E-state index in [1.807, 2.05) is 121 Å². The van der Waals surface area contributed by atoms with Gasteiger partial charge in [0, 0.05) is 27.5 Å². The van der Waals surface area contributed by atoms with Gasteiger partial charge in [0.05, 0.1) is 46.6 Å². The van der Waals surface area contributed by atoms with E-state index in [1.165, 1.54) is 0 Å². The molecule has 55 heavy (non-hydrogen) atoms. The quantitative estimate of drug-likeness (QED) is 0.161. The average Bonchev–Trinajstić information content (AvgIpc) is 3.59. The van der Waals surface area contributed by atoms with E-state index in [9.17, 15) is 10.5 Å². The summed E-state index contributed by atoms with van der Waals surface area (Å²) < 4.78 is 2.20. The molecule has 0 spiro atoms. The zero-order chi connectivity index (χ0) is 37.3. The Balaban J connectivity index is 1.33. The zero-order valence-electron chi connectivity index (χ0n) is 29.2. The lowest BCUT2D eigenvalue weighted by Gasteiger charge is -2.15. The molecule has 0 fully saturated rings. The second-order valence-electron chi connectivity index (χ2n) is 13.0. The molecule has 0 radical (unpaired) electrons. The summed E-state index contributed by atoms with van der Waals surface area (Å²) in [5, 5.41) is 21.8. The van der Waals surface area contributed by atoms with Crippen molar-refractivity contribution in [3.05, 3.63) is 186 Å². The summed E-state index contributed by atoms with van der Waals surface area (Å²) in [6.07, 6.45) is 0. The van der Waals surface area contributed by atoms with Crippen molar-refractivity contribution in [2.24, 2.45) is 0 Å². The van der Waals surface area contributed by atoms with Gasteiger partial charge in [-0.1, -0.05) is 103 Å². The predicted octanol–water partition coefficient (Wildman–Crippen LogP) is 11.6. The van der Waals surface area contributed by atoms with Gasteiger partial charge in [0.15, 0.2) is 23.2 Å². The minimum Gasteiger partial charge on any atom is -0.308 e. The van der Waals surface area contributed by atoms with Gasteiger partial charge in [-0.2, -0.15) is 10.5 Å². The molecule has 0 unspecified atom stereocenters. The van der Waals surface area contributed by atoms with E-state index in [0.29, 0.717) is 39.9 Å². The summed E-state index contributed by atoms with van der Waals surface area (Å²) in [5.74, 6) is 1.48. The number of nitriles is 2. The topological polar surface area (TPSA) is 95.5 Å². The second-order valence-corrected chi connectivity index (χ2v) is 13.0. The van der Waals surface area contributed by atoms with E-state index in [-0.39, 0.29) is 0 Å². The van der Waals surface area contributed by atoms with Gasteiger partial charge in [-0.3, -0.25) is 0 Å². The molecule has 0 N–H and O–H groups in total. The molecule has 0 aliphatic rings. The van der Waals surface area contributed by atoms with Crippen LogP contribution in [-0.4, -0.2) is 19.5 Å². The van der Waals surface area contributed by atoms with E-state index in [2.05, 4.69) is 57.9 Å². The Morgan fingerprint density at radius 3 is 1.55 bits per heavy atom. The van der Waals surface area contributed by atoms with Gasteiger partial charge in [-0.05, 0) is 82.9 Å². The molecule has 0 atom stereocenters. The third-order valence-corrected chi connectivity index (χ3v) is 9.71. The molecule has 9 rings (SSSR count). The highest BCUT2D eigenvalue weighted by molar-refractivity contribution is 6.12. The van der Waals surface area contributed by atoms with Crippen LogP contribution in [0.1, 0.15) is 11.1 Å². The summed E-state index contributed by atoms with van der Waals surface area (Å²) in [5.41, 5.74) is 10.5. The number of fused-ring (bicyclic) bond motifs is 3. The van der Waals surface area contributed by atoms with Crippen molar-refractivity contribution >= 4 is 27.5 Å². The maximum absolute atomic E-state index is 10.1. The first kappa shape index (κ1) is 32.7. The van der Waals surface area contributed by atoms with Gasteiger partial charge in [0.25, 0.3) is 0 Å². The van der Waals surface area contributed by atoms with Gasteiger partial charge in [0.2, 0.25) is 0 Å². The van der Waals surface area contributed by atoms with E-state index >= 15 is 0 Å². The maximum atomic E-state index is 10.1. The van der Waals surface area contributed by atoms with Crippen molar-refractivity contribution in [2.45, 2.75) is 0 Å². The predicted molar refractivity (Wildman–Crippen MR) is 217 cm³/mol. The van der Waals surface area contributed by atoms with Crippen LogP contribution in [0.2, 0.25) is 0 Å². The molecule has 7 heteroatoms. The largest absolute Gasteiger partial charge is 0.308 e. The van der Waals surface area contributed by atoms with Crippen LogP contribution in [0.25, 0.3) is 88.8 Å². The fourth-order valence-electron chi connectivity index (χ4n) is 7.07. The second kappa shape index (κ2) is 13.7. The molecule has 0 aliphatic carbocycles. The van der Waals surface area contributed by atoms with E-state index in [0.717, 1.165) is 60.9 Å². The summed E-state index contributed by atoms with van der Waals surface area (Å²) in [7, 11) is 0. The minimum atomic E-state index is 0.437. The first-order chi connectivity index (χ1) is 27.1. The fourth-order valence-corrected chi connectivity index (χ4v) is 7.07. The molecule has 0 bridgehead atoms. The molecule has 2 heterocycles. The van der Waals surface area contributed by atoms with Crippen molar-refractivity contribution in [3.8, 4) is 74.2 Å². The summed E-state index contributed by atoms with van der Waals surface area (Å²) in [4.78, 5) is 18.7. The molecule has 7 aromatic carbocycles. The Kier molecular flexibility index (Phi) is 8.18. The lowest BCUT2D eigenvalue weighted by atomic mass is 9.99. The molecular formula is C48H27N7. The van der Waals surface area contributed by atoms with Crippen molar-refractivity contribution < 1.29 is 0 Å². The molecule has 0 saturated carbocycles. The smallest absolute Gasteiger partial charge is 0.187 e. The Morgan fingerprint density at radius 1 is 0.455 bits per heavy atom. The van der Waals surface area contributed by atoms with Gasteiger partial charge in [-0.15, -0.1) is 0 Å².